The van der Waals surface area contributed by atoms with Gasteiger partial charge in [-0.15, -0.1) is 0 Å². The van der Waals surface area contributed by atoms with Crippen molar-refractivity contribution in [2.75, 3.05) is 30.4 Å². The Morgan fingerprint density at radius 2 is 2.25 bits per heavy atom. The first kappa shape index (κ1) is 11.0. The first-order chi connectivity index (χ1) is 7.72. The Kier molecular flexibility index (Phi) is 3.10. The second-order valence-electron chi connectivity index (χ2n) is 3.95. The fourth-order valence-corrected chi connectivity index (χ4v) is 1.97. The summed E-state index contributed by atoms with van der Waals surface area (Å²) in [4.78, 5) is 13.2. The van der Waals surface area contributed by atoms with E-state index in [0.717, 1.165) is 17.8 Å². The molecule has 0 fully saturated rings. The second kappa shape index (κ2) is 4.53. The first-order valence-corrected chi connectivity index (χ1v) is 5.46. The normalized spacial score (nSPS) is 14.9. The van der Waals surface area contributed by atoms with Gasteiger partial charge >= 0.3 is 0 Å². The SMILES string of the molecule is CN1C(=O)CCc2cc(NCCO)ccc21. The number of carbonyl (C=O) groups is 1. The van der Waals surface area contributed by atoms with Gasteiger partial charge in [0.1, 0.15) is 0 Å². The molecule has 1 amide bonds. The lowest BCUT2D eigenvalue weighted by Crippen LogP contribution is -2.31. The Morgan fingerprint density at radius 1 is 1.44 bits per heavy atom. The fourth-order valence-electron chi connectivity index (χ4n) is 1.97. The average Bonchev–Trinajstić information content (AvgIpc) is 2.31. The van der Waals surface area contributed by atoms with Gasteiger partial charge in [-0.25, -0.2) is 0 Å². The van der Waals surface area contributed by atoms with Crippen LogP contribution >= 0.6 is 0 Å². The van der Waals surface area contributed by atoms with Crippen LogP contribution < -0.4 is 10.2 Å². The second-order valence-corrected chi connectivity index (χ2v) is 3.95. The van der Waals surface area contributed by atoms with Crippen LogP contribution in [0.5, 0.6) is 0 Å². The van der Waals surface area contributed by atoms with Crippen molar-refractivity contribution in [3.05, 3.63) is 23.8 Å². The van der Waals surface area contributed by atoms with E-state index < -0.39 is 0 Å². The highest BCUT2D eigenvalue weighted by molar-refractivity contribution is 5.96. The minimum atomic E-state index is 0.121. The van der Waals surface area contributed by atoms with Gasteiger partial charge in [0.2, 0.25) is 5.91 Å². The monoisotopic (exact) mass is 220 g/mol. The number of nitrogens with zero attached hydrogens (tertiary/aromatic N) is 1. The van der Waals surface area contributed by atoms with Crippen molar-refractivity contribution in [3.63, 3.8) is 0 Å². The van der Waals surface area contributed by atoms with E-state index in [1.54, 1.807) is 11.9 Å². The molecule has 4 nitrogen and oxygen atoms in total. The van der Waals surface area contributed by atoms with Crippen molar-refractivity contribution in [3.8, 4) is 0 Å². The summed E-state index contributed by atoms with van der Waals surface area (Å²) < 4.78 is 0. The molecule has 0 atom stereocenters. The van der Waals surface area contributed by atoms with Crippen LogP contribution in [0.3, 0.4) is 0 Å². The standard InChI is InChI=1S/C12H16N2O2/c1-14-11-4-3-10(13-6-7-15)8-9(11)2-5-12(14)16/h3-4,8,13,15H,2,5-7H2,1H3. The third-order valence-electron chi connectivity index (χ3n) is 2.86. The van der Waals surface area contributed by atoms with E-state index >= 15 is 0 Å². The van der Waals surface area contributed by atoms with Crippen molar-refractivity contribution in [1.82, 2.24) is 0 Å². The number of anilines is 2. The number of aliphatic hydroxyl groups excluding tert-OH is 1. The summed E-state index contributed by atoms with van der Waals surface area (Å²) >= 11 is 0. The maximum Gasteiger partial charge on any atom is 0.227 e. The highest BCUT2D eigenvalue weighted by Crippen LogP contribution is 2.28. The minimum absolute atomic E-state index is 0.121. The molecule has 0 aliphatic carbocycles. The van der Waals surface area contributed by atoms with E-state index in [1.165, 1.54) is 5.56 Å². The molecular formula is C12H16N2O2. The molecule has 0 saturated heterocycles. The van der Waals surface area contributed by atoms with Crippen LogP contribution in [0.1, 0.15) is 12.0 Å². The molecule has 1 heterocycles. The van der Waals surface area contributed by atoms with Gasteiger partial charge in [0.15, 0.2) is 0 Å². The van der Waals surface area contributed by atoms with Gasteiger partial charge in [-0.1, -0.05) is 0 Å². The van der Waals surface area contributed by atoms with Gasteiger partial charge in [0.05, 0.1) is 6.61 Å². The van der Waals surface area contributed by atoms with Crippen molar-refractivity contribution in [2.24, 2.45) is 0 Å². The number of carbonyl (C=O) groups excluding carboxylic acids is 1. The van der Waals surface area contributed by atoms with Crippen LogP contribution in [0, 0.1) is 0 Å². The molecule has 4 heteroatoms. The predicted molar refractivity (Wildman–Crippen MR) is 63.7 cm³/mol. The van der Waals surface area contributed by atoms with Gasteiger partial charge in [0.25, 0.3) is 0 Å². The van der Waals surface area contributed by atoms with E-state index in [4.69, 9.17) is 5.11 Å². The summed E-state index contributed by atoms with van der Waals surface area (Å²) in [5, 5.41) is 11.8. The number of rotatable bonds is 3. The minimum Gasteiger partial charge on any atom is -0.395 e. The van der Waals surface area contributed by atoms with E-state index in [-0.39, 0.29) is 12.5 Å². The van der Waals surface area contributed by atoms with Gasteiger partial charge in [-0.05, 0) is 30.2 Å². The molecule has 1 aliphatic heterocycles. The number of fused-ring (bicyclic) bond motifs is 1. The summed E-state index contributed by atoms with van der Waals surface area (Å²) in [7, 11) is 1.81. The van der Waals surface area contributed by atoms with E-state index in [9.17, 15) is 4.79 Å². The number of nitrogens with one attached hydrogen (secondary N) is 1. The molecule has 0 unspecified atom stereocenters. The summed E-state index contributed by atoms with van der Waals surface area (Å²) in [5.41, 5.74) is 3.17. The molecule has 0 spiro atoms. The highest BCUT2D eigenvalue weighted by atomic mass is 16.3. The van der Waals surface area contributed by atoms with Crippen LogP contribution in [0.4, 0.5) is 11.4 Å². The lowest BCUT2D eigenvalue weighted by atomic mass is 10.0. The topological polar surface area (TPSA) is 52.6 Å². The van der Waals surface area contributed by atoms with Crippen LogP contribution in [0.25, 0.3) is 0 Å². The number of amides is 1. The number of benzene rings is 1. The zero-order valence-corrected chi connectivity index (χ0v) is 9.36. The number of hydrogen-bond acceptors (Lipinski definition) is 3. The maximum absolute atomic E-state index is 11.5. The van der Waals surface area contributed by atoms with Crippen LogP contribution in [0.2, 0.25) is 0 Å². The Morgan fingerprint density at radius 3 is 3.00 bits per heavy atom. The van der Waals surface area contributed by atoms with E-state index in [0.29, 0.717) is 13.0 Å². The molecule has 1 aromatic carbocycles. The predicted octanol–water partition coefficient (Wildman–Crippen LogP) is 1.000. The van der Waals surface area contributed by atoms with Crippen LogP contribution in [-0.4, -0.2) is 31.2 Å². The summed E-state index contributed by atoms with van der Waals surface area (Å²) in [6.07, 6.45) is 1.38. The van der Waals surface area contributed by atoms with E-state index in [1.807, 2.05) is 18.2 Å². The molecule has 0 radical (unpaired) electrons. The first-order valence-electron chi connectivity index (χ1n) is 5.46. The van der Waals surface area contributed by atoms with Gasteiger partial charge < -0.3 is 15.3 Å². The third-order valence-corrected chi connectivity index (χ3v) is 2.86. The average molecular weight is 220 g/mol. The molecule has 16 heavy (non-hydrogen) atoms. The van der Waals surface area contributed by atoms with Gasteiger partial charge in [0, 0.05) is 31.4 Å². The highest BCUT2D eigenvalue weighted by Gasteiger charge is 2.20. The smallest absolute Gasteiger partial charge is 0.227 e. The molecule has 86 valence electrons. The zero-order valence-electron chi connectivity index (χ0n) is 9.36. The van der Waals surface area contributed by atoms with Crippen LogP contribution in [0.15, 0.2) is 18.2 Å². The molecule has 2 N–H and O–H groups in total. The Bertz CT molecular complexity index is 404. The van der Waals surface area contributed by atoms with Gasteiger partial charge in [-0.3, -0.25) is 4.79 Å². The zero-order chi connectivity index (χ0) is 11.5. The molecule has 1 aromatic rings. The maximum atomic E-state index is 11.5. The lowest BCUT2D eigenvalue weighted by Gasteiger charge is -2.26. The Balaban J connectivity index is 2.23. The van der Waals surface area contributed by atoms with Gasteiger partial charge in [-0.2, -0.15) is 0 Å². The molecule has 0 bridgehead atoms. The molecule has 0 saturated carbocycles. The number of aryl methyl sites for hydroxylation is 1. The molecule has 0 aromatic heterocycles. The Labute approximate surface area is 94.9 Å². The van der Waals surface area contributed by atoms with Crippen molar-refractivity contribution >= 4 is 17.3 Å². The van der Waals surface area contributed by atoms with Crippen molar-refractivity contribution in [1.29, 1.82) is 0 Å². The van der Waals surface area contributed by atoms with Crippen LogP contribution in [-0.2, 0) is 11.2 Å². The summed E-state index contributed by atoms with van der Waals surface area (Å²) in [6.45, 7) is 0.670. The largest absolute Gasteiger partial charge is 0.395 e. The van der Waals surface area contributed by atoms with Crippen molar-refractivity contribution in [2.45, 2.75) is 12.8 Å². The summed E-state index contributed by atoms with van der Waals surface area (Å²) in [5.74, 6) is 0.170. The lowest BCUT2D eigenvalue weighted by molar-refractivity contribution is -0.118. The quantitative estimate of drug-likeness (QED) is 0.799. The Hall–Kier alpha value is -1.55. The molecular weight excluding hydrogens is 204 g/mol. The summed E-state index contributed by atoms with van der Waals surface area (Å²) in [6, 6.07) is 5.93. The molecule has 2 rings (SSSR count). The molecule has 1 aliphatic rings. The van der Waals surface area contributed by atoms with Crippen molar-refractivity contribution < 1.29 is 9.90 Å². The number of aliphatic hydroxyl groups is 1. The van der Waals surface area contributed by atoms with E-state index in [2.05, 4.69) is 5.32 Å². The third kappa shape index (κ3) is 2.02. The fraction of sp³-hybridized carbons (Fsp3) is 0.417. The number of hydrogen-bond donors (Lipinski definition) is 2.